The van der Waals surface area contributed by atoms with Gasteiger partial charge >= 0.3 is 0 Å². The summed E-state index contributed by atoms with van der Waals surface area (Å²) in [6.07, 6.45) is 2.58. The van der Waals surface area contributed by atoms with Gasteiger partial charge < -0.3 is 15.1 Å². The fraction of sp³-hybridized carbons (Fsp3) is 0.692. The molecule has 5 heteroatoms. The van der Waals surface area contributed by atoms with Gasteiger partial charge in [0.1, 0.15) is 0 Å². The minimum Gasteiger partial charge on any atom is -0.366 e. The normalized spacial score (nSPS) is 17.0. The van der Waals surface area contributed by atoms with Gasteiger partial charge in [-0.3, -0.25) is 0 Å². The third-order valence-corrected chi connectivity index (χ3v) is 5.16. The predicted molar refractivity (Wildman–Crippen MR) is 83.8 cm³/mol. The summed E-state index contributed by atoms with van der Waals surface area (Å²) in [4.78, 5) is 4.92. The lowest BCUT2D eigenvalue weighted by atomic mass is 10.2. The number of nitrogens with zero attached hydrogens (tertiary/aromatic N) is 2. The van der Waals surface area contributed by atoms with Gasteiger partial charge in [-0.05, 0) is 41.4 Å². The lowest BCUT2D eigenvalue weighted by Crippen LogP contribution is -2.43. The molecule has 1 aliphatic rings. The molecule has 0 atom stereocenters. The van der Waals surface area contributed by atoms with Crippen LogP contribution in [-0.2, 0) is 0 Å². The average Bonchev–Trinajstić information content (AvgIpc) is 2.82. The summed E-state index contributed by atoms with van der Waals surface area (Å²) in [7, 11) is 2.18. The molecular formula is C13H22BrN3S. The van der Waals surface area contributed by atoms with Crippen LogP contribution in [0.3, 0.4) is 0 Å². The van der Waals surface area contributed by atoms with Gasteiger partial charge in [-0.1, -0.05) is 0 Å². The van der Waals surface area contributed by atoms with Crippen LogP contribution >= 0.6 is 27.3 Å². The Morgan fingerprint density at radius 2 is 2.17 bits per heavy atom. The Morgan fingerprint density at radius 1 is 1.39 bits per heavy atom. The van der Waals surface area contributed by atoms with Crippen molar-refractivity contribution >= 4 is 32.3 Å². The molecule has 0 saturated carbocycles. The Hall–Kier alpha value is -0.100. The summed E-state index contributed by atoms with van der Waals surface area (Å²) in [5.74, 6) is 0. The van der Waals surface area contributed by atoms with Crippen molar-refractivity contribution in [2.45, 2.75) is 12.8 Å². The van der Waals surface area contributed by atoms with Crippen molar-refractivity contribution in [3.63, 3.8) is 0 Å². The topological polar surface area (TPSA) is 18.5 Å². The summed E-state index contributed by atoms with van der Waals surface area (Å²) in [6, 6.07) is 2.20. The molecule has 0 bridgehead atoms. The first-order valence-corrected chi connectivity index (χ1v) is 8.31. The van der Waals surface area contributed by atoms with E-state index < -0.39 is 0 Å². The summed E-state index contributed by atoms with van der Waals surface area (Å²) in [5.41, 5.74) is 0. The molecule has 102 valence electrons. The van der Waals surface area contributed by atoms with E-state index in [4.69, 9.17) is 0 Å². The second-order valence-corrected chi connectivity index (χ2v) is 6.63. The highest BCUT2D eigenvalue weighted by Crippen LogP contribution is 2.27. The molecule has 1 aromatic heterocycles. The molecule has 1 aromatic rings. The first kappa shape index (κ1) is 14.3. The zero-order valence-electron chi connectivity index (χ0n) is 11.0. The first-order chi connectivity index (χ1) is 8.75. The third kappa shape index (κ3) is 4.53. The van der Waals surface area contributed by atoms with Crippen molar-refractivity contribution in [3.8, 4) is 0 Å². The summed E-state index contributed by atoms with van der Waals surface area (Å²) in [6.45, 7) is 7.15. The van der Waals surface area contributed by atoms with Crippen molar-refractivity contribution in [2.75, 3.05) is 51.2 Å². The van der Waals surface area contributed by atoms with Crippen LogP contribution in [0.25, 0.3) is 0 Å². The van der Waals surface area contributed by atoms with Gasteiger partial charge in [0.05, 0.1) is 5.00 Å². The van der Waals surface area contributed by atoms with Gasteiger partial charge in [0, 0.05) is 49.6 Å². The van der Waals surface area contributed by atoms with Gasteiger partial charge in [0.2, 0.25) is 0 Å². The van der Waals surface area contributed by atoms with E-state index in [0.29, 0.717) is 0 Å². The van der Waals surface area contributed by atoms with Crippen LogP contribution in [0.2, 0.25) is 0 Å². The predicted octanol–water partition coefficient (Wildman–Crippen LogP) is 2.63. The van der Waals surface area contributed by atoms with E-state index in [9.17, 15) is 0 Å². The molecule has 2 heterocycles. The number of halogens is 1. The standard InChI is InChI=1S/C13H22BrN3S/c1-16(13-10-12(14)11-18-13)6-2-3-7-17-8-4-15-5-9-17/h10-11,15H,2-9H2,1H3. The van der Waals surface area contributed by atoms with Gasteiger partial charge in [-0.2, -0.15) is 0 Å². The molecule has 0 amide bonds. The van der Waals surface area contributed by atoms with Crippen molar-refractivity contribution < 1.29 is 0 Å². The minimum atomic E-state index is 1.15. The van der Waals surface area contributed by atoms with Crippen LogP contribution in [-0.4, -0.2) is 51.2 Å². The van der Waals surface area contributed by atoms with Crippen LogP contribution in [0.5, 0.6) is 0 Å². The van der Waals surface area contributed by atoms with Gasteiger partial charge in [-0.15, -0.1) is 11.3 Å². The quantitative estimate of drug-likeness (QED) is 0.808. The second kappa shape index (κ2) is 7.48. The van der Waals surface area contributed by atoms with Crippen LogP contribution in [0, 0.1) is 0 Å². The lowest BCUT2D eigenvalue weighted by Gasteiger charge is -2.27. The van der Waals surface area contributed by atoms with Crippen LogP contribution < -0.4 is 10.2 Å². The highest BCUT2D eigenvalue weighted by atomic mass is 79.9. The minimum absolute atomic E-state index is 1.15. The van der Waals surface area contributed by atoms with E-state index in [-0.39, 0.29) is 0 Å². The Kier molecular flexibility index (Phi) is 5.95. The number of unbranched alkanes of at least 4 members (excludes halogenated alkanes) is 1. The number of hydrogen-bond donors (Lipinski definition) is 1. The molecule has 0 unspecified atom stereocenters. The summed E-state index contributed by atoms with van der Waals surface area (Å²) in [5, 5.41) is 6.89. The number of nitrogens with one attached hydrogen (secondary N) is 1. The SMILES string of the molecule is CN(CCCCN1CCNCC1)c1cc(Br)cs1. The number of anilines is 1. The molecule has 1 fully saturated rings. The van der Waals surface area contributed by atoms with Crippen molar-refractivity contribution in [1.82, 2.24) is 10.2 Å². The molecule has 0 aromatic carbocycles. The van der Waals surface area contributed by atoms with Crippen molar-refractivity contribution in [1.29, 1.82) is 0 Å². The molecule has 1 N–H and O–H groups in total. The van der Waals surface area contributed by atoms with E-state index in [1.807, 2.05) is 0 Å². The van der Waals surface area contributed by atoms with Crippen molar-refractivity contribution in [3.05, 3.63) is 15.9 Å². The maximum Gasteiger partial charge on any atom is 0.0917 e. The molecule has 1 aliphatic heterocycles. The fourth-order valence-corrected chi connectivity index (χ4v) is 3.65. The smallest absolute Gasteiger partial charge is 0.0917 e. The molecule has 2 rings (SSSR count). The highest BCUT2D eigenvalue weighted by molar-refractivity contribution is 9.10. The molecule has 0 spiro atoms. The zero-order valence-corrected chi connectivity index (χ0v) is 13.4. The molecule has 0 radical (unpaired) electrons. The second-order valence-electron chi connectivity index (χ2n) is 4.82. The fourth-order valence-electron chi connectivity index (χ4n) is 2.23. The zero-order chi connectivity index (χ0) is 12.8. The van der Waals surface area contributed by atoms with E-state index >= 15 is 0 Å². The Labute approximate surface area is 122 Å². The van der Waals surface area contributed by atoms with Gasteiger partial charge in [0.15, 0.2) is 0 Å². The highest BCUT2D eigenvalue weighted by Gasteiger charge is 2.09. The third-order valence-electron chi connectivity index (χ3n) is 3.36. The summed E-state index contributed by atoms with van der Waals surface area (Å²) < 4.78 is 1.19. The molecule has 3 nitrogen and oxygen atoms in total. The van der Waals surface area contributed by atoms with E-state index in [1.54, 1.807) is 11.3 Å². The summed E-state index contributed by atoms with van der Waals surface area (Å²) >= 11 is 5.31. The maximum absolute atomic E-state index is 3.51. The Morgan fingerprint density at radius 3 is 2.83 bits per heavy atom. The molecule has 1 saturated heterocycles. The monoisotopic (exact) mass is 331 g/mol. The van der Waals surface area contributed by atoms with Crippen molar-refractivity contribution in [2.24, 2.45) is 0 Å². The number of rotatable bonds is 6. The Balaban J connectivity index is 1.60. The number of piperazine rings is 1. The molecule has 18 heavy (non-hydrogen) atoms. The van der Waals surface area contributed by atoms with Crippen LogP contribution in [0.4, 0.5) is 5.00 Å². The number of hydrogen-bond acceptors (Lipinski definition) is 4. The van der Waals surface area contributed by atoms with E-state index in [1.165, 1.54) is 41.9 Å². The van der Waals surface area contributed by atoms with Crippen LogP contribution in [0.15, 0.2) is 15.9 Å². The van der Waals surface area contributed by atoms with Gasteiger partial charge in [0.25, 0.3) is 0 Å². The lowest BCUT2D eigenvalue weighted by molar-refractivity contribution is 0.237. The van der Waals surface area contributed by atoms with E-state index in [2.05, 4.69) is 49.5 Å². The number of thiophene rings is 1. The largest absolute Gasteiger partial charge is 0.366 e. The molecular weight excluding hydrogens is 310 g/mol. The Bertz CT molecular complexity index is 350. The van der Waals surface area contributed by atoms with Crippen LogP contribution in [0.1, 0.15) is 12.8 Å². The van der Waals surface area contributed by atoms with E-state index in [0.717, 1.165) is 19.6 Å². The first-order valence-electron chi connectivity index (χ1n) is 6.64. The molecule has 0 aliphatic carbocycles. The average molecular weight is 332 g/mol. The maximum atomic E-state index is 3.51. The van der Waals surface area contributed by atoms with Gasteiger partial charge in [-0.25, -0.2) is 0 Å².